The molecule has 0 unspecified atom stereocenters. The molecular formula is C18H17NO4. The zero-order valence-electron chi connectivity index (χ0n) is 12.7. The Labute approximate surface area is 134 Å². The molecule has 1 aliphatic carbocycles. The average molecular weight is 311 g/mol. The molecule has 0 aromatic heterocycles. The maximum atomic E-state index is 11.6. The summed E-state index contributed by atoms with van der Waals surface area (Å²) in [6, 6.07) is 15.1. The lowest BCUT2D eigenvalue weighted by Gasteiger charge is -2.14. The zero-order chi connectivity index (χ0) is 16.4. The number of hydrogen-bond acceptors (Lipinski definition) is 5. The van der Waals surface area contributed by atoms with Gasteiger partial charge < -0.3 is 15.2 Å². The van der Waals surface area contributed by atoms with E-state index in [2.05, 4.69) is 4.74 Å². The first kappa shape index (κ1) is 15.2. The van der Waals surface area contributed by atoms with Gasteiger partial charge in [0.05, 0.1) is 0 Å². The molecule has 0 saturated carbocycles. The lowest BCUT2D eigenvalue weighted by molar-refractivity contribution is -0.140. The predicted molar refractivity (Wildman–Crippen MR) is 84.8 cm³/mol. The van der Waals surface area contributed by atoms with E-state index in [1.54, 1.807) is 0 Å². The molecule has 1 atom stereocenters. The Morgan fingerprint density at radius 3 is 2.09 bits per heavy atom. The molecule has 0 aliphatic heterocycles. The van der Waals surface area contributed by atoms with E-state index in [0.717, 1.165) is 22.3 Å². The number of benzene rings is 2. The molecule has 0 amide bonds. The van der Waals surface area contributed by atoms with Crippen molar-refractivity contribution in [2.75, 3.05) is 6.61 Å². The van der Waals surface area contributed by atoms with Crippen molar-refractivity contribution in [3.05, 3.63) is 59.7 Å². The van der Waals surface area contributed by atoms with Gasteiger partial charge in [-0.3, -0.25) is 0 Å². The highest BCUT2D eigenvalue weighted by Gasteiger charge is 2.29. The van der Waals surface area contributed by atoms with Gasteiger partial charge in [-0.05, 0) is 29.2 Å². The van der Waals surface area contributed by atoms with Crippen LogP contribution in [0.15, 0.2) is 48.5 Å². The monoisotopic (exact) mass is 311 g/mol. The van der Waals surface area contributed by atoms with Crippen molar-refractivity contribution in [1.82, 2.24) is 0 Å². The van der Waals surface area contributed by atoms with Crippen molar-refractivity contribution in [2.45, 2.75) is 18.9 Å². The van der Waals surface area contributed by atoms with E-state index in [4.69, 9.17) is 10.5 Å². The number of carbonyl (C=O) groups is 2. The topological polar surface area (TPSA) is 78.6 Å². The molecular weight excluding hydrogens is 294 g/mol. The summed E-state index contributed by atoms with van der Waals surface area (Å²) in [7, 11) is 0. The Kier molecular flexibility index (Phi) is 4.12. The smallest absolute Gasteiger partial charge is 0.433 e. The molecule has 23 heavy (non-hydrogen) atoms. The molecule has 118 valence electrons. The molecule has 0 saturated heterocycles. The fourth-order valence-corrected chi connectivity index (χ4v) is 2.80. The van der Waals surface area contributed by atoms with E-state index in [0.29, 0.717) is 0 Å². The van der Waals surface area contributed by atoms with Gasteiger partial charge in [0, 0.05) is 5.92 Å². The second-order valence-electron chi connectivity index (χ2n) is 5.50. The van der Waals surface area contributed by atoms with Gasteiger partial charge in [0.1, 0.15) is 12.6 Å². The molecule has 0 radical (unpaired) electrons. The molecule has 5 heteroatoms. The fourth-order valence-electron chi connectivity index (χ4n) is 2.80. The van der Waals surface area contributed by atoms with E-state index in [9.17, 15) is 9.59 Å². The minimum atomic E-state index is -1.02. The van der Waals surface area contributed by atoms with E-state index in [1.165, 1.54) is 6.92 Å². The van der Waals surface area contributed by atoms with Gasteiger partial charge in [-0.2, -0.15) is 0 Å². The SMILES string of the molecule is C[C@H](N)C(=O)OC(=O)OCC1c2ccccc2-c2ccccc21. The second kappa shape index (κ2) is 6.22. The summed E-state index contributed by atoms with van der Waals surface area (Å²) in [6.45, 7) is 1.55. The van der Waals surface area contributed by atoms with Crippen molar-refractivity contribution in [3.8, 4) is 11.1 Å². The molecule has 5 nitrogen and oxygen atoms in total. The number of rotatable bonds is 3. The highest BCUT2D eigenvalue weighted by atomic mass is 16.7. The Morgan fingerprint density at radius 1 is 1.04 bits per heavy atom. The zero-order valence-corrected chi connectivity index (χ0v) is 12.7. The van der Waals surface area contributed by atoms with Crippen LogP contribution in [0.3, 0.4) is 0 Å². The number of hydrogen-bond donors (Lipinski definition) is 1. The second-order valence-corrected chi connectivity index (χ2v) is 5.50. The van der Waals surface area contributed by atoms with Crippen LogP contribution in [0, 0.1) is 0 Å². The van der Waals surface area contributed by atoms with E-state index >= 15 is 0 Å². The number of nitrogens with two attached hydrogens (primary N) is 1. The molecule has 0 bridgehead atoms. The third-order valence-corrected chi connectivity index (χ3v) is 3.89. The van der Waals surface area contributed by atoms with Gasteiger partial charge in [-0.15, -0.1) is 0 Å². The normalized spacial score (nSPS) is 13.8. The van der Waals surface area contributed by atoms with Crippen molar-refractivity contribution in [3.63, 3.8) is 0 Å². The molecule has 1 aliphatic rings. The van der Waals surface area contributed by atoms with Gasteiger partial charge in [0.15, 0.2) is 0 Å². The minimum Gasteiger partial charge on any atom is -0.433 e. The Hall–Kier alpha value is -2.66. The van der Waals surface area contributed by atoms with Crippen LogP contribution in [0.1, 0.15) is 24.0 Å². The molecule has 0 heterocycles. The molecule has 2 N–H and O–H groups in total. The van der Waals surface area contributed by atoms with Crippen LogP contribution >= 0.6 is 0 Å². The van der Waals surface area contributed by atoms with Crippen molar-refractivity contribution >= 4 is 12.1 Å². The Bertz CT molecular complexity index is 709. The average Bonchev–Trinajstić information content (AvgIpc) is 2.87. The number of esters is 1. The van der Waals surface area contributed by atoms with E-state index < -0.39 is 18.2 Å². The first-order chi connectivity index (χ1) is 11.1. The summed E-state index contributed by atoms with van der Waals surface area (Å²) in [5.74, 6) is -0.873. The first-order valence-corrected chi connectivity index (χ1v) is 7.40. The van der Waals surface area contributed by atoms with Crippen molar-refractivity contribution in [2.24, 2.45) is 5.73 Å². The molecule has 0 spiro atoms. The Balaban J connectivity index is 1.76. The van der Waals surface area contributed by atoms with Gasteiger partial charge in [0.25, 0.3) is 0 Å². The van der Waals surface area contributed by atoms with Crippen molar-refractivity contribution < 1.29 is 19.1 Å². The van der Waals surface area contributed by atoms with Gasteiger partial charge >= 0.3 is 12.1 Å². The third-order valence-electron chi connectivity index (χ3n) is 3.89. The fraction of sp³-hybridized carbons (Fsp3) is 0.222. The maximum Gasteiger partial charge on any atom is 0.516 e. The number of carbonyl (C=O) groups excluding carboxylic acids is 2. The quantitative estimate of drug-likeness (QED) is 0.696. The van der Waals surface area contributed by atoms with Crippen LogP contribution in [0.5, 0.6) is 0 Å². The summed E-state index contributed by atoms with van der Waals surface area (Å²) in [5.41, 5.74) is 9.81. The summed E-state index contributed by atoms with van der Waals surface area (Å²) in [5, 5.41) is 0. The van der Waals surface area contributed by atoms with Crippen LogP contribution in [-0.2, 0) is 14.3 Å². The van der Waals surface area contributed by atoms with Crippen LogP contribution in [0.25, 0.3) is 11.1 Å². The Morgan fingerprint density at radius 2 is 1.57 bits per heavy atom. The van der Waals surface area contributed by atoms with Crippen molar-refractivity contribution in [1.29, 1.82) is 0 Å². The maximum absolute atomic E-state index is 11.6. The minimum absolute atomic E-state index is 0.0691. The number of fused-ring (bicyclic) bond motifs is 3. The highest BCUT2D eigenvalue weighted by molar-refractivity contribution is 5.85. The van der Waals surface area contributed by atoms with E-state index in [-0.39, 0.29) is 12.5 Å². The lowest BCUT2D eigenvalue weighted by Crippen LogP contribution is -2.31. The molecule has 0 fully saturated rings. The summed E-state index contributed by atoms with van der Waals surface area (Å²) >= 11 is 0. The molecule has 2 aromatic rings. The highest BCUT2D eigenvalue weighted by Crippen LogP contribution is 2.44. The van der Waals surface area contributed by atoms with Crippen LogP contribution in [0.4, 0.5) is 4.79 Å². The van der Waals surface area contributed by atoms with E-state index in [1.807, 2.05) is 48.5 Å². The van der Waals surface area contributed by atoms with Gasteiger partial charge in [-0.25, -0.2) is 9.59 Å². The third kappa shape index (κ3) is 2.96. The largest absolute Gasteiger partial charge is 0.516 e. The van der Waals surface area contributed by atoms with Crippen LogP contribution in [0.2, 0.25) is 0 Å². The van der Waals surface area contributed by atoms with Gasteiger partial charge in [0.2, 0.25) is 0 Å². The lowest BCUT2D eigenvalue weighted by atomic mass is 9.98. The molecule has 3 rings (SSSR count). The predicted octanol–water partition coefficient (Wildman–Crippen LogP) is 2.83. The number of ether oxygens (including phenoxy) is 2. The summed E-state index contributed by atoms with van der Waals surface area (Å²) < 4.78 is 9.65. The summed E-state index contributed by atoms with van der Waals surface area (Å²) in [4.78, 5) is 22.9. The summed E-state index contributed by atoms with van der Waals surface area (Å²) in [6.07, 6.45) is -1.02. The van der Waals surface area contributed by atoms with Gasteiger partial charge in [-0.1, -0.05) is 48.5 Å². The first-order valence-electron chi connectivity index (χ1n) is 7.40. The molecule has 2 aromatic carbocycles. The van der Waals surface area contributed by atoms with Crippen LogP contribution < -0.4 is 5.73 Å². The van der Waals surface area contributed by atoms with Crippen LogP contribution in [-0.4, -0.2) is 24.8 Å². The standard InChI is InChI=1S/C18H17NO4/c1-11(19)17(20)23-18(21)22-10-16-14-8-4-2-6-12(14)13-7-3-5-9-15(13)16/h2-9,11,16H,10,19H2,1H3/t11-/m0/s1.